The summed E-state index contributed by atoms with van der Waals surface area (Å²) in [5.74, 6) is 0.122. The number of nitrogens with one attached hydrogen (secondary N) is 1. The molecule has 0 spiro atoms. The van der Waals surface area contributed by atoms with E-state index in [9.17, 15) is 4.79 Å². The molecule has 0 amide bonds. The second-order valence-corrected chi connectivity index (χ2v) is 6.03. The molecule has 2 aromatic rings. The first-order valence-electron chi connectivity index (χ1n) is 8.50. The standard InChI is InChI=1S/C22H15N2O3.CHO.Y/c1-24-14-8-10-18-20(12-14)27-19-11-13(23)7-9-17(19)21(18)15-5-3-4-6-16(15)22(25)26-2;1-2;/h1,3-12,23H,2H3;1H;/q2*-1;. The number of fused-ring (bicyclic) bond motifs is 2. The van der Waals surface area contributed by atoms with E-state index in [1.165, 1.54) is 7.11 Å². The predicted molar refractivity (Wildman–Crippen MR) is 110 cm³/mol. The van der Waals surface area contributed by atoms with E-state index in [4.69, 9.17) is 26.1 Å². The number of hydrogen-bond donors (Lipinski definition) is 1. The van der Waals surface area contributed by atoms with Crippen LogP contribution in [0.3, 0.4) is 0 Å². The van der Waals surface area contributed by atoms with Crippen LogP contribution in [0.5, 0.6) is 0 Å². The Kier molecular flexibility index (Phi) is 7.92. The van der Waals surface area contributed by atoms with Crippen LogP contribution in [0, 0.1) is 5.41 Å². The molecule has 0 bridgehead atoms. The third-order valence-electron chi connectivity index (χ3n) is 4.46. The van der Waals surface area contributed by atoms with Crippen LogP contribution in [0.25, 0.3) is 33.4 Å². The smallest absolute Gasteiger partial charge is 0.338 e. The summed E-state index contributed by atoms with van der Waals surface area (Å²) in [5, 5.41) is 9.05. The van der Waals surface area contributed by atoms with E-state index >= 15 is 0 Å². The zero-order chi connectivity index (χ0) is 21.0. The van der Waals surface area contributed by atoms with E-state index in [-0.39, 0.29) is 32.7 Å². The molecule has 147 valence electrons. The maximum atomic E-state index is 12.3. The molecule has 1 radical (unpaired) electrons. The molecule has 6 nitrogen and oxygen atoms in total. The number of nitrogens with zero attached hydrogens (tertiary/aromatic N) is 1. The number of carbonyl (C=O) groups excluding carboxylic acids is 2. The fourth-order valence-corrected chi connectivity index (χ4v) is 3.24. The Morgan fingerprint density at radius 2 is 1.77 bits per heavy atom. The van der Waals surface area contributed by atoms with Crippen molar-refractivity contribution < 1.29 is 51.5 Å². The second kappa shape index (κ2) is 10.2. The summed E-state index contributed by atoms with van der Waals surface area (Å²) in [5.41, 5.74) is 3.94. The van der Waals surface area contributed by atoms with Gasteiger partial charge in [0, 0.05) is 55.3 Å². The van der Waals surface area contributed by atoms with Gasteiger partial charge in [-0.25, -0.2) is 4.79 Å². The van der Waals surface area contributed by atoms with Gasteiger partial charge in [-0.1, -0.05) is 36.0 Å². The molecule has 1 aliphatic carbocycles. The Balaban J connectivity index is 0.00000104. The quantitative estimate of drug-likeness (QED) is 0.157. The van der Waals surface area contributed by atoms with Gasteiger partial charge < -0.3 is 24.4 Å². The fourth-order valence-electron chi connectivity index (χ4n) is 3.24. The van der Waals surface area contributed by atoms with E-state index in [0.29, 0.717) is 28.0 Å². The number of rotatable bonds is 3. The van der Waals surface area contributed by atoms with Gasteiger partial charge in [0.05, 0.1) is 18.0 Å². The average Bonchev–Trinajstić information content (AvgIpc) is 2.77. The molecule has 30 heavy (non-hydrogen) atoms. The topological polar surface area (TPSA) is 92.7 Å². The van der Waals surface area contributed by atoms with Crippen molar-refractivity contribution >= 4 is 36.1 Å². The van der Waals surface area contributed by atoms with Gasteiger partial charge >= 0.3 is 5.97 Å². The molecule has 4 rings (SSSR count). The summed E-state index contributed by atoms with van der Waals surface area (Å²) in [6.45, 7) is 8.65. The monoisotopic (exact) mass is 473 g/mol. The Morgan fingerprint density at radius 3 is 2.47 bits per heavy atom. The molecule has 7 heteroatoms. The van der Waals surface area contributed by atoms with E-state index in [0.717, 1.165) is 22.1 Å². The minimum absolute atomic E-state index is 0. The molecular weight excluding hydrogens is 457 g/mol. The molecule has 2 aromatic carbocycles. The molecule has 0 aromatic heterocycles. The van der Waals surface area contributed by atoms with E-state index in [2.05, 4.69) is 11.8 Å². The van der Waals surface area contributed by atoms with Gasteiger partial charge in [-0.2, -0.15) is 6.72 Å². The van der Waals surface area contributed by atoms with Gasteiger partial charge in [0.1, 0.15) is 11.3 Å². The van der Waals surface area contributed by atoms with Crippen molar-refractivity contribution in [2.24, 2.45) is 4.99 Å². The van der Waals surface area contributed by atoms with Crippen LogP contribution < -0.4 is 5.36 Å². The van der Waals surface area contributed by atoms with Crippen LogP contribution in [0.1, 0.15) is 10.4 Å². The molecule has 0 fully saturated rings. The number of hydrogen-bond acceptors (Lipinski definition) is 6. The van der Waals surface area contributed by atoms with Crippen molar-refractivity contribution in [3.8, 4) is 22.5 Å². The number of aliphatic imine (C=N–C) groups is 1. The Bertz CT molecular complexity index is 1250. The van der Waals surface area contributed by atoms with Gasteiger partial charge in [-0.15, -0.1) is 6.07 Å². The molecule has 0 atom stereocenters. The Morgan fingerprint density at radius 1 is 1.03 bits per heavy atom. The van der Waals surface area contributed by atoms with Gasteiger partial charge in [0.25, 0.3) is 0 Å². The molecule has 0 saturated carbocycles. The van der Waals surface area contributed by atoms with Crippen LogP contribution in [0.15, 0.2) is 70.1 Å². The summed E-state index contributed by atoms with van der Waals surface area (Å²) < 4.78 is 11.0. The van der Waals surface area contributed by atoms with E-state index in [1.807, 2.05) is 24.3 Å². The zero-order valence-electron chi connectivity index (χ0n) is 16.1. The number of carbonyl (C=O) groups is 1. The van der Waals surface area contributed by atoms with Crippen molar-refractivity contribution in [3.05, 3.63) is 71.6 Å². The van der Waals surface area contributed by atoms with Gasteiger partial charge in [0.15, 0.2) is 0 Å². The summed E-state index contributed by atoms with van der Waals surface area (Å²) >= 11 is 0. The fraction of sp³-hybridized carbons (Fsp3) is 0.0435. The van der Waals surface area contributed by atoms with Crippen LogP contribution in [0.2, 0.25) is 0 Å². The van der Waals surface area contributed by atoms with Gasteiger partial charge in [-0.05, 0) is 23.8 Å². The molecule has 0 saturated heterocycles. The predicted octanol–water partition coefficient (Wildman–Crippen LogP) is 4.40. The molecule has 0 unspecified atom stereocenters. The third kappa shape index (κ3) is 4.30. The largest absolute Gasteiger partial charge is 0.545 e. The SMILES string of the molecule is [CH-]=Nc1ccc2c(-c3ccccc3C(=O)OC)c3ccc(=N)cc-3oc2c1.[CH-]=O.[Y]. The maximum Gasteiger partial charge on any atom is 0.338 e. The summed E-state index contributed by atoms with van der Waals surface area (Å²) in [6, 6.07) is 17.8. The zero-order valence-corrected chi connectivity index (χ0v) is 18.9. The molecular formula is C23H16N2O4Y-2. The molecule has 1 N–H and O–H groups in total. The van der Waals surface area contributed by atoms with Crippen LogP contribution >= 0.6 is 0 Å². The van der Waals surface area contributed by atoms with Crippen molar-refractivity contribution in [2.45, 2.75) is 0 Å². The maximum absolute atomic E-state index is 12.3. The minimum atomic E-state index is -0.418. The molecule has 1 heterocycles. The first-order valence-corrected chi connectivity index (χ1v) is 8.50. The number of methoxy groups -OCH3 is 1. The summed E-state index contributed by atoms with van der Waals surface area (Å²) in [7, 11) is 1.36. The Labute approximate surface area is 198 Å². The Hall–Kier alpha value is -2.96. The molecule has 2 aliphatic rings. The van der Waals surface area contributed by atoms with E-state index in [1.54, 1.807) is 36.4 Å². The van der Waals surface area contributed by atoms with Crippen molar-refractivity contribution in [1.82, 2.24) is 0 Å². The van der Waals surface area contributed by atoms with Crippen LogP contribution in [-0.2, 0) is 42.2 Å². The number of ether oxygens (including phenoxy) is 1. The average molecular weight is 473 g/mol. The van der Waals surface area contributed by atoms with Crippen LogP contribution in [0.4, 0.5) is 5.69 Å². The summed E-state index contributed by atoms with van der Waals surface area (Å²) in [6.07, 6.45) is 0. The van der Waals surface area contributed by atoms with E-state index < -0.39 is 5.97 Å². The first kappa shape index (κ1) is 23.3. The number of esters is 1. The second-order valence-electron chi connectivity index (χ2n) is 6.03. The van der Waals surface area contributed by atoms with Crippen molar-refractivity contribution in [3.63, 3.8) is 0 Å². The normalized spacial score (nSPS) is 9.90. The van der Waals surface area contributed by atoms with Crippen LogP contribution in [-0.4, -0.2) is 26.6 Å². The van der Waals surface area contributed by atoms with Crippen molar-refractivity contribution in [2.75, 3.05) is 7.11 Å². The first-order chi connectivity index (χ1) is 14.1. The number of benzene rings is 3. The molecule has 1 aliphatic heterocycles. The van der Waals surface area contributed by atoms with Gasteiger partial charge in [0.2, 0.25) is 0 Å². The minimum Gasteiger partial charge on any atom is -0.545 e. The summed E-state index contributed by atoms with van der Waals surface area (Å²) in [4.78, 5) is 23.8. The van der Waals surface area contributed by atoms with Crippen molar-refractivity contribution in [1.29, 1.82) is 5.41 Å². The van der Waals surface area contributed by atoms with Gasteiger partial charge in [-0.3, -0.25) is 6.79 Å². The third-order valence-corrected chi connectivity index (χ3v) is 4.46.